The Hall–Kier alpha value is -6.42. The van der Waals surface area contributed by atoms with Gasteiger partial charge in [0.15, 0.2) is 0 Å². The number of halogens is 2. The van der Waals surface area contributed by atoms with E-state index >= 15 is 0 Å². The van der Waals surface area contributed by atoms with Crippen LogP contribution in [0.4, 0.5) is 20.2 Å². The van der Waals surface area contributed by atoms with Crippen LogP contribution in [0.1, 0.15) is 102 Å². The Morgan fingerprint density at radius 1 is 0.939 bits per heavy atom. The first kappa shape index (κ1) is 44.8. The van der Waals surface area contributed by atoms with Crippen LogP contribution in [0.5, 0.6) is 0 Å². The number of likely N-dealkylation sites (tertiary alicyclic amines) is 1. The minimum atomic E-state index is -2.77. The zero-order valence-electron chi connectivity index (χ0n) is 37.6. The van der Waals surface area contributed by atoms with Gasteiger partial charge in [0.25, 0.3) is 12.3 Å². The lowest BCUT2D eigenvalue weighted by atomic mass is 9.89. The van der Waals surface area contributed by atoms with Crippen molar-refractivity contribution in [1.29, 1.82) is 10.8 Å². The smallest absolute Gasteiger partial charge is 0.264 e. The molecule has 3 saturated heterocycles. The van der Waals surface area contributed by atoms with Crippen molar-refractivity contribution in [1.82, 2.24) is 30.7 Å². The molecule has 6 aliphatic rings. The number of rotatable bonds is 12. The molecular weight excluding hydrogens is 843 g/mol. The fourth-order valence-corrected chi connectivity index (χ4v) is 10.6. The zero-order chi connectivity index (χ0) is 46.2. The van der Waals surface area contributed by atoms with E-state index in [2.05, 4.69) is 56.1 Å². The molecule has 0 bridgehead atoms. The van der Waals surface area contributed by atoms with Gasteiger partial charge in [-0.25, -0.2) is 8.78 Å². The maximum Gasteiger partial charge on any atom is 0.264 e. The monoisotopic (exact) mass is 900 g/mol. The molecule has 66 heavy (non-hydrogen) atoms. The minimum absolute atomic E-state index is 0.0649. The van der Waals surface area contributed by atoms with Crippen molar-refractivity contribution in [2.45, 2.75) is 89.4 Å². The van der Waals surface area contributed by atoms with Crippen LogP contribution in [0.3, 0.4) is 0 Å². The van der Waals surface area contributed by atoms with Crippen molar-refractivity contribution >= 4 is 52.6 Å². The minimum Gasteiger partial charge on any atom is -0.393 e. The van der Waals surface area contributed by atoms with Crippen molar-refractivity contribution in [3.63, 3.8) is 0 Å². The second-order valence-corrected chi connectivity index (χ2v) is 18.4. The summed E-state index contributed by atoms with van der Waals surface area (Å²) in [4.78, 5) is 60.3. The molecule has 1 unspecified atom stereocenters. The number of fused-ring (bicyclic) bond motifs is 2. The molecule has 0 radical (unpaired) electrons. The first-order valence-corrected chi connectivity index (χ1v) is 23.2. The Morgan fingerprint density at radius 2 is 1.71 bits per heavy atom. The third-order valence-corrected chi connectivity index (χ3v) is 14.3. The third kappa shape index (κ3) is 8.82. The molecule has 6 aliphatic heterocycles. The van der Waals surface area contributed by atoms with Crippen molar-refractivity contribution in [2.24, 2.45) is 0 Å². The summed E-state index contributed by atoms with van der Waals surface area (Å²) in [5.41, 5.74) is 8.73. The van der Waals surface area contributed by atoms with Crippen LogP contribution in [0, 0.1) is 10.8 Å². The third-order valence-electron chi connectivity index (χ3n) is 14.3. The van der Waals surface area contributed by atoms with Gasteiger partial charge in [0.2, 0.25) is 17.7 Å². The quantitative estimate of drug-likeness (QED) is 0.0872. The first-order chi connectivity index (χ1) is 31.9. The number of benzene rings is 3. The second kappa shape index (κ2) is 18.8. The van der Waals surface area contributed by atoms with E-state index in [4.69, 9.17) is 5.41 Å². The van der Waals surface area contributed by atoms with E-state index in [1.165, 1.54) is 17.2 Å². The van der Waals surface area contributed by atoms with E-state index in [9.17, 15) is 33.4 Å². The molecular formula is C50H58F2N10O4. The second-order valence-electron chi connectivity index (χ2n) is 18.4. The molecule has 6 heterocycles. The van der Waals surface area contributed by atoms with Gasteiger partial charge in [0, 0.05) is 148 Å². The highest BCUT2D eigenvalue weighted by atomic mass is 19.3. The number of carbonyl (C=O) groups excluding carboxylic acids is 4. The Labute approximate surface area is 384 Å². The number of anilines is 2. The molecule has 0 saturated carbocycles. The molecule has 4 amide bonds. The summed E-state index contributed by atoms with van der Waals surface area (Å²) in [6, 6.07) is 17.5. The van der Waals surface area contributed by atoms with Gasteiger partial charge in [-0.2, -0.15) is 0 Å². The van der Waals surface area contributed by atoms with E-state index in [1.54, 1.807) is 36.0 Å². The molecule has 0 spiro atoms. The topological polar surface area (TPSA) is 168 Å². The number of amidine groups is 1. The van der Waals surface area contributed by atoms with Crippen molar-refractivity contribution in [2.75, 3.05) is 62.7 Å². The van der Waals surface area contributed by atoms with E-state index in [0.717, 1.165) is 86.3 Å². The van der Waals surface area contributed by atoms with Crippen LogP contribution >= 0.6 is 0 Å². The number of allylic oxidation sites excluding steroid dienone is 1. The van der Waals surface area contributed by atoms with E-state index in [1.807, 2.05) is 17.0 Å². The van der Waals surface area contributed by atoms with Crippen LogP contribution in [0.2, 0.25) is 0 Å². The summed E-state index contributed by atoms with van der Waals surface area (Å²) in [7, 11) is 1.67. The number of carbonyl (C=O) groups is 4. The number of amides is 4. The lowest BCUT2D eigenvalue weighted by Crippen LogP contribution is -2.52. The van der Waals surface area contributed by atoms with E-state index < -0.39 is 18.4 Å². The summed E-state index contributed by atoms with van der Waals surface area (Å²) < 4.78 is 29.1. The summed E-state index contributed by atoms with van der Waals surface area (Å²) in [6.07, 6.45) is 4.24. The van der Waals surface area contributed by atoms with Gasteiger partial charge < -0.3 is 35.6 Å². The average Bonchev–Trinajstić information content (AvgIpc) is 3.64. The summed E-state index contributed by atoms with van der Waals surface area (Å²) in [5, 5.41) is 26.5. The van der Waals surface area contributed by atoms with Gasteiger partial charge in [0.1, 0.15) is 11.9 Å². The average molecular weight is 901 g/mol. The molecule has 9 rings (SSSR count). The van der Waals surface area contributed by atoms with E-state index in [-0.39, 0.29) is 48.1 Å². The Bertz CT molecular complexity index is 2510. The van der Waals surface area contributed by atoms with Crippen molar-refractivity contribution < 1.29 is 28.0 Å². The molecule has 346 valence electrons. The predicted octanol–water partition coefficient (Wildman–Crippen LogP) is 5.69. The predicted molar refractivity (Wildman–Crippen MR) is 250 cm³/mol. The number of hydrogen-bond donors (Lipinski definition) is 5. The Balaban J connectivity index is 0.810. The maximum atomic E-state index is 14.6. The van der Waals surface area contributed by atoms with E-state index in [0.29, 0.717) is 67.2 Å². The number of aryl methyl sites for hydroxylation is 1. The maximum absolute atomic E-state index is 14.6. The number of alkyl halides is 2. The first-order valence-electron chi connectivity index (χ1n) is 23.2. The largest absolute Gasteiger partial charge is 0.393 e. The highest BCUT2D eigenvalue weighted by molar-refractivity contribution is 6.11. The lowest BCUT2D eigenvalue weighted by Gasteiger charge is -2.42. The number of imide groups is 1. The number of hydrogen-bond acceptors (Lipinski definition) is 10. The zero-order valence-corrected chi connectivity index (χ0v) is 37.6. The normalized spacial score (nSPS) is 20.9. The SMILES string of the molecule is CN/C=C(\C=N)c1cc2c(cc1C(F)F)N(C(=N)C1=C(NC3CCN(Cc4ccc(C5CN(c6cccc7c6CN(C6CCC(=O)NC6=O)C7=O)C5)cc4)CC3)CCN(C(C)=O)C1)CCC2. The highest BCUT2D eigenvalue weighted by Gasteiger charge is 2.42. The molecule has 5 N–H and O–H groups in total. The summed E-state index contributed by atoms with van der Waals surface area (Å²) >= 11 is 0. The van der Waals surface area contributed by atoms with Gasteiger partial charge in [-0.05, 0) is 78.6 Å². The fourth-order valence-electron chi connectivity index (χ4n) is 10.6. The fraction of sp³-hybridized carbons (Fsp3) is 0.440. The highest BCUT2D eigenvalue weighted by Crippen LogP contribution is 2.40. The molecule has 14 nitrogen and oxygen atoms in total. The molecule has 1 atom stereocenters. The molecule has 3 aromatic carbocycles. The van der Waals surface area contributed by atoms with Crippen molar-refractivity contribution in [3.05, 3.63) is 111 Å². The molecule has 3 fully saturated rings. The number of nitrogens with one attached hydrogen (secondary N) is 5. The van der Waals surface area contributed by atoms with Gasteiger partial charge in [-0.15, -0.1) is 0 Å². The molecule has 3 aromatic rings. The van der Waals surface area contributed by atoms with Crippen LogP contribution < -0.4 is 25.8 Å². The van der Waals surface area contributed by atoms with Crippen molar-refractivity contribution in [3.8, 4) is 0 Å². The molecule has 16 heteroatoms. The van der Waals surface area contributed by atoms with Crippen LogP contribution in [0.15, 0.2) is 72.1 Å². The van der Waals surface area contributed by atoms with Crippen LogP contribution in [-0.2, 0) is 33.9 Å². The molecule has 0 aliphatic carbocycles. The standard InChI is InChI=1S/C50H58F2N10O4/c1-30(63)59-20-16-42(41(28-59)48(54)61-17-4-5-33-21-38(34(23-53)24-55-2)39(47(51)52)22-45(33)61)56-36-14-18-58(19-15-36)25-31-8-10-32(11-9-31)35-26-60(27-35)43-7-3-6-37-40(43)29-62(50(37)66)44-12-13-46(64)57-49(44)65/h3,6-11,21-24,35-36,44,47,53-56H,4-5,12-20,25-29H2,1-2H3,(H,57,64,65)/b34-24+,53-23?,54-48?. The van der Waals surface area contributed by atoms with Gasteiger partial charge in [0.05, 0.1) is 6.54 Å². The Kier molecular flexibility index (Phi) is 12.8. The number of piperidine rings is 2. The van der Waals surface area contributed by atoms with Gasteiger partial charge in [-0.3, -0.25) is 34.8 Å². The lowest BCUT2D eigenvalue weighted by molar-refractivity contribution is -0.137. The summed E-state index contributed by atoms with van der Waals surface area (Å²) in [6.45, 7) is 7.53. The number of nitrogens with zero attached hydrogens (tertiary/aromatic N) is 5. The molecule has 0 aromatic heterocycles. The van der Waals surface area contributed by atoms with Crippen LogP contribution in [-0.4, -0.2) is 115 Å². The van der Waals surface area contributed by atoms with Crippen LogP contribution in [0.25, 0.3) is 5.57 Å². The Morgan fingerprint density at radius 3 is 2.41 bits per heavy atom. The van der Waals surface area contributed by atoms with Gasteiger partial charge in [-0.1, -0.05) is 30.3 Å². The summed E-state index contributed by atoms with van der Waals surface area (Å²) in [5.74, 6) is -0.333. The van der Waals surface area contributed by atoms with Gasteiger partial charge >= 0.3 is 0 Å².